The van der Waals surface area contributed by atoms with Gasteiger partial charge in [0.15, 0.2) is 17.2 Å². The number of pyridine rings is 1. The molecule has 9 heteroatoms. The van der Waals surface area contributed by atoms with Crippen LogP contribution >= 0.6 is 0 Å². The first-order valence-corrected chi connectivity index (χ1v) is 10.4. The second kappa shape index (κ2) is 8.27. The molecule has 3 heterocycles. The first kappa shape index (κ1) is 20.5. The van der Waals surface area contributed by atoms with Crippen LogP contribution in [0, 0.1) is 6.92 Å². The van der Waals surface area contributed by atoms with Crippen LogP contribution in [0.2, 0.25) is 0 Å². The second-order valence-electron chi connectivity index (χ2n) is 7.30. The summed E-state index contributed by atoms with van der Waals surface area (Å²) in [5.74, 6) is 0.959. The van der Waals surface area contributed by atoms with E-state index in [4.69, 9.17) is 18.9 Å². The van der Waals surface area contributed by atoms with Crippen LogP contribution in [0.25, 0.3) is 27.8 Å². The molecule has 0 aliphatic carbocycles. The first-order chi connectivity index (χ1) is 16.1. The molecule has 9 nitrogen and oxygen atoms in total. The van der Waals surface area contributed by atoms with Gasteiger partial charge in [-0.25, -0.2) is 9.78 Å². The Morgan fingerprint density at radius 1 is 1.15 bits per heavy atom. The molecule has 0 unspecified atom stereocenters. The highest BCUT2D eigenvalue weighted by Crippen LogP contribution is 2.31. The number of hydrogen-bond acceptors (Lipinski definition) is 8. The highest BCUT2D eigenvalue weighted by atomic mass is 16.5. The molecule has 0 fully saturated rings. The number of carbonyl (C=O) groups excluding carboxylic acids is 1. The number of rotatable bonds is 6. The molecule has 0 amide bonds. The molecular weight excluding hydrogens is 422 g/mol. The third-order valence-electron chi connectivity index (χ3n) is 5.22. The summed E-state index contributed by atoms with van der Waals surface area (Å²) in [5.41, 5.74) is 3.21. The van der Waals surface area contributed by atoms with Gasteiger partial charge in [-0.1, -0.05) is 24.3 Å². The minimum absolute atomic E-state index is 0.221. The van der Waals surface area contributed by atoms with Crippen molar-refractivity contribution in [3.05, 3.63) is 65.9 Å². The fourth-order valence-electron chi connectivity index (χ4n) is 3.67. The highest BCUT2D eigenvalue weighted by Gasteiger charge is 2.23. The lowest BCUT2D eigenvalue weighted by atomic mass is 10.1. The SMILES string of the molecule is CCOC(=O)c1cnn(-c2cc(C)c3cccc(OC)c3n2)c1Nc1nc2ccccc2o1. The van der Waals surface area contributed by atoms with Gasteiger partial charge < -0.3 is 13.9 Å². The lowest BCUT2D eigenvalue weighted by molar-refractivity contribution is 0.0527. The number of aromatic nitrogens is 4. The van der Waals surface area contributed by atoms with Crippen molar-refractivity contribution in [1.29, 1.82) is 0 Å². The number of oxazole rings is 1. The Morgan fingerprint density at radius 2 is 2.00 bits per heavy atom. The summed E-state index contributed by atoms with van der Waals surface area (Å²) in [6.45, 7) is 3.96. The van der Waals surface area contributed by atoms with E-state index in [1.807, 2.05) is 55.5 Å². The molecule has 1 N–H and O–H groups in total. The van der Waals surface area contributed by atoms with E-state index in [-0.39, 0.29) is 18.2 Å². The van der Waals surface area contributed by atoms with Crippen molar-refractivity contribution in [3.63, 3.8) is 0 Å². The van der Waals surface area contributed by atoms with Crippen molar-refractivity contribution < 1.29 is 18.7 Å². The largest absolute Gasteiger partial charge is 0.494 e. The van der Waals surface area contributed by atoms with Crippen LogP contribution in [0.5, 0.6) is 5.75 Å². The Morgan fingerprint density at radius 3 is 2.79 bits per heavy atom. The van der Waals surface area contributed by atoms with Gasteiger partial charge in [0, 0.05) is 5.39 Å². The van der Waals surface area contributed by atoms with E-state index in [2.05, 4.69) is 15.4 Å². The third-order valence-corrected chi connectivity index (χ3v) is 5.22. The van der Waals surface area contributed by atoms with E-state index in [1.165, 1.54) is 10.9 Å². The number of para-hydroxylation sites is 3. The summed E-state index contributed by atoms with van der Waals surface area (Å²) in [7, 11) is 1.60. The van der Waals surface area contributed by atoms with Crippen molar-refractivity contribution in [3.8, 4) is 11.6 Å². The number of anilines is 2. The number of hydrogen-bond donors (Lipinski definition) is 1. The molecular formula is C24H21N5O4. The van der Waals surface area contributed by atoms with Gasteiger partial charge in [-0.05, 0) is 43.7 Å². The maximum atomic E-state index is 12.6. The second-order valence-corrected chi connectivity index (χ2v) is 7.30. The molecule has 0 aliphatic rings. The summed E-state index contributed by atoms with van der Waals surface area (Å²) in [6, 6.07) is 15.3. The van der Waals surface area contributed by atoms with Crippen molar-refractivity contribution in [2.45, 2.75) is 13.8 Å². The minimum Gasteiger partial charge on any atom is -0.494 e. The van der Waals surface area contributed by atoms with Crippen LogP contribution < -0.4 is 10.1 Å². The zero-order valence-electron chi connectivity index (χ0n) is 18.3. The average Bonchev–Trinajstić information content (AvgIpc) is 3.42. The summed E-state index contributed by atoms with van der Waals surface area (Å²) >= 11 is 0. The van der Waals surface area contributed by atoms with Crippen molar-refractivity contribution >= 4 is 39.8 Å². The highest BCUT2D eigenvalue weighted by molar-refractivity contribution is 5.96. The number of esters is 1. The zero-order valence-corrected chi connectivity index (χ0v) is 18.3. The molecule has 0 aliphatic heterocycles. The van der Waals surface area contributed by atoms with E-state index in [0.29, 0.717) is 34.0 Å². The monoisotopic (exact) mass is 443 g/mol. The maximum Gasteiger partial charge on any atom is 0.343 e. The fraction of sp³-hybridized carbons (Fsp3) is 0.167. The number of fused-ring (bicyclic) bond motifs is 2. The molecule has 0 spiro atoms. The van der Waals surface area contributed by atoms with Crippen LogP contribution in [0.1, 0.15) is 22.8 Å². The summed E-state index contributed by atoms with van der Waals surface area (Å²) in [4.78, 5) is 21.9. The number of aryl methyl sites for hydroxylation is 1. The average molecular weight is 443 g/mol. The molecule has 0 radical (unpaired) electrons. The van der Waals surface area contributed by atoms with Gasteiger partial charge in [0.05, 0.1) is 19.9 Å². The molecule has 0 bridgehead atoms. The van der Waals surface area contributed by atoms with Crippen LogP contribution in [0.15, 0.2) is 59.1 Å². The number of benzene rings is 2. The van der Waals surface area contributed by atoms with Crippen LogP contribution in [-0.2, 0) is 4.74 Å². The molecule has 2 aromatic carbocycles. The Bertz CT molecular complexity index is 1450. The molecule has 3 aromatic heterocycles. The maximum absolute atomic E-state index is 12.6. The third kappa shape index (κ3) is 3.63. The van der Waals surface area contributed by atoms with Crippen molar-refractivity contribution in [1.82, 2.24) is 19.7 Å². The lowest BCUT2D eigenvalue weighted by Crippen LogP contribution is -2.10. The smallest absolute Gasteiger partial charge is 0.343 e. The quantitative estimate of drug-likeness (QED) is 0.373. The molecule has 5 rings (SSSR count). The summed E-state index contributed by atoms with van der Waals surface area (Å²) in [6.07, 6.45) is 1.44. The molecule has 0 atom stereocenters. The molecule has 5 aromatic rings. The van der Waals surface area contributed by atoms with Gasteiger partial charge >= 0.3 is 12.0 Å². The molecule has 33 heavy (non-hydrogen) atoms. The number of carbonyl (C=O) groups is 1. The number of nitrogens with one attached hydrogen (secondary N) is 1. The van der Waals surface area contributed by atoms with Crippen LogP contribution in [-0.4, -0.2) is 39.4 Å². The summed E-state index contributed by atoms with van der Waals surface area (Å²) < 4.78 is 18.1. The van der Waals surface area contributed by atoms with Gasteiger partial charge in [-0.2, -0.15) is 14.8 Å². The van der Waals surface area contributed by atoms with E-state index in [9.17, 15) is 4.79 Å². The van der Waals surface area contributed by atoms with E-state index < -0.39 is 5.97 Å². The van der Waals surface area contributed by atoms with Crippen LogP contribution in [0.4, 0.5) is 11.8 Å². The van der Waals surface area contributed by atoms with Crippen LogP contribution in [0.3, 0.4) is 0 Å². The number of nitrogens with zero attached hydrogens (tertiary/aromatic N) is 4. The molecule has 166 valence electrons. The molecule has 0 saturated heterocycles. The standard InChI is InChI=1S/C24H21N5O4/c1-4-32-23(30)16-13-25-29(22(16)28-24-26-17-9-5-6-10-18(17)33-24)20-12-14(2)15-8-7-11-19(31-3)21(15)27-20/h5-13H,4H2,1-3H3,(H,26,28). The van der Waals surface area contributed by atoms with Gasteiger partial charge in [0.1, 0.15) is 22.3 Å². The van der Waals surface area contributed by atoms with Crippen molar-refractivity contribution in [2.75, 3.05) is 19.0 Å². The Balaban J connectivity index is 1.67. The number of ether oxygens (including phenoxy) is 2. The Kier molecular flexibility index (Phi) is 5.14. The van der Waals surface area contributed by atoms with Gasteiger partial charge in [-0.3, -0.25) is 5.32 Å². The normalized spacial score (nSPS) is 11.1. The Hall–Kier alpha value is -4.40. The minimum atomic E-state index is -0.516. The zero-order chi connectivity index (χ0) is 22.9. The summed E-state index contributed by atoms with van der Waals surface area (Å²) in [5, 5.41) is 8.48. The predicted molar refractivity (Wildman–Crippen MR) is 123 cm³/mol. The van der Waals surface area contributed by atoms with Crippen molar-refractivity contribution in [2.24, 2.45) is 0 Å². The van der Waals surface area contributed by atoms with E-state index in [0.717, 1.165) is 10.9 Å². The predicted octanol–water partition coefficient (Wildman–Crippen LogP) is 4.80. The topological polar surface area (TPSA) is 104 Å². The Labute approximate surface area is 189 Å². The van der Waals surface area contributed by atoms with E-state index in [1.54, 1.807) is 14.0 Å². The van der Waals surface area contributed by atoms with Gasteiger partial charge in [-0.15, -0.1) is 0 Å². The van der Waals surface area contributed by atoms with E-state index >= 15 is 0 Å². The lowest BCUT2D eigenvalue weighted by Gasteiger charge is -2.12. The fourth-order valence-corrected chi connectivity index (χ4v) is 3.67. The first-order valence-electron chi connectivity index (χ1n) is 10.4. The van der Waals surface area contributed by atoms with Gasteiger partial charge in [0.2, 0.25) is 0 Å². The molecule has 0 saturated carbocycles. The number of methoxy groups -OCH3 is 1. The van der Waals surface area contributed by atoms with Gasteiger partial charge in [0.25, 0.3) is 0 Å².